The number of fused-ring (bicyclic) bond motifs is 4. The van der Waals surface area contributed by atoms with Crippen molar-refractivity contribution in [1.29, 1.82) is 0 Å². The summed E-state index contributed by atoms with van der Waals surface area (Å²) in [4.78, 5) is 32.7. The van der Waals surface area contributed by atoms with Gasteiger partial charge >= 0.3 is 0 Å². The number of hydrogen-bond acceptors (Lipinski definition) is 7. The van der Waals surface area contributed by atoms with Crippen LogP contribution in [0.3, 0.4) is 0 Å². The highest BCUT2D eigenvalue weighted by Crippen LogP contribution is 2.51. The van der Waals surface area contributed by atoms with Crippen LogP contribution in [0, 0.1) is 0 Å². The van der Waals surface area contributed by atoms with Crippen LogP contribution in [-0.4, -0.2) is 82.1 Å². The van der Waals surface area contributed by atoms with E-state index in [2.05, 4.69) is 10.3 Å². The van der Waals surface area contributed by atoms with Crippen molar-refractivity contribution in [1.82, 2.24) is 15.2 Å². The number of ether oxygens (including phenoxy) is 2. The van der Waals surface area contributed by atoms with Gasteiger partial charge in [0.25, 0.3) is 0 Å². The zero-order chi connectivity index (χ0) is 31.5. The van der Waals surface area contributed by atoms with E-state index in [4.69, 9.17) is 9.47 Å². The molecule has 10 heteroatoms. The van der Waals surface area contributed by atoms with E-state index < -0.39 is 30.1 Å². The zero-order valence-electron chi connectivity index (χ0n) is 25.0. The maximum Gasteiger partial charge on any atom is 0.247 e. The standard InChI is InChI=1S/C35H37N3O7/c1-44-29-16-22(20-40)15-25-31-26(35(43)36-12-14-39)19-28(32(42)34(31)45-33(25)29)38(30(41)17-21-7-3-2-4-8-21)13-11-24-18-23-9-5-6-10-27(23)37-24/h2-10,15-16,18-19,28,31-32,34,37,39-40,42H,11-14,17,20H2,1H3,(H,36,43). The summed E-state index contributed by atoms with van der Waals surface area (Å²) in [5.74, 6) is -0.579. The average molecular weight is 612 g/mol. The summed E-state index contributed by atoms with van der Waals surface area (Å²) < 4.78 is 11.9. The number of amides is 2. The molecule has 4 unspecified atom stereocenters. The number of aliphatic hydroxyl groups excluding tert-OH is 3. The minimum atomic E-state index is -1.19. The minimum Gasteiger partial charge on any atom is -0.493 e. The third-order valence-electron chi connectivity index (χ3n) is 8.58. The van der Waals surface area contributed by atoms with Gasteiger partial charge in [-0.3, -0.25) is 9.59 Å². The monoisotopic (exact) mass is 611 g/mol. The number of aromatic nitrogens is 1. The Balaban J connectivity index is 1.39. The number of methoxy groups -OCH3 is 1. The van der Waals surface area contributed by atoms with Crippen molar-refractivity contribution in [3.63, 3.8) is 0 Å². The maximum atomic E-state index is 14.0. The first kappa shape index (κ1) is 30.4. The van der Waals surface area contributed by atoms with Gasteiger partial charge in [-0.15, -0.1) is 0 Å². The van der Waals surface area contributed by atoms with Crippen LogP contribution in [0.4, 0.5) is 0 Å². The van der Waals surface area contributed by atoms with E-state index in [0.717, 1.165) is 22.2 Å². The second kappa shape index (κ2) is 13.2. The van der Waals surface area contributed by atoms with E-state index in [1.165, 1.54) is 7.11 Å². The van der Waals surface area contributed by atoms with Gasteiger partial charge < -0.3 is 40.0 Å². The largest absolute Gasteiger partial charge is 0.493 e. The molecule has 0 spiro atoms. The second-order valence-corrected chi connectivity index (χ2v) is 11.4. The van der Waals surface area contributed by atoms with Crippen molar-refractivity contribution in [2.75, 3.05) is 26.8 Å². The molecule has 2 amide bonds. The molecule has 5 N–H and O–H groups in total. The molecule has 10 nitrogen and oxygen atoms in total. The lowest BCUT2D eigenvalue weighted by atomic mass is 9.77. The molecule has 1 aromatic heterocycles. The van der Waals surface area contributed by atoms with Crippen molar-refractivity contribution < 1.29 is 34.4 Å². The minimum absolute atomic E-state index is 0.0333. The van der Waals surface area contributed by atoms with E-state index in [1.807, 2.05) is 60.7 Å². The van der Waals surface area contributed by atoms with Crippen LogP contribution in [0.2, 0.25) is 0 Å². The number of rotatable bonds is 11. The van der Waals surface area contributed by atoms with Crippen LogP contribution < -0.4 is 14.8 Å². The van der Waals surface area contributed by atoms with Gasteiger partial charge in [-0.1, -0.05) is 48.5 Å². The normalized spacial score (nSPS) is 20.1. The Morgan fingerprint density at radius 1 is 1.02 bits per heavy atom. The Morgan fingerprint density at radius 3 is 2.53 bits per heavy atom. The third-order valence-corrected chi connectivity index (χ3v) is 8.58. The summed E-state index contributed by atoms with van der Waals surface area (Å²) in [6, 6.07) is 21.9. The molecule has 45 heavy (non-hydrogen) atoms. The highest BCUT2D eigenvalue weighted by Gasteiger charge is 2.51. The maximum absolute atomic E-state index is 14.0. The van der Waals surface area contributed by atoms with Gasteiger partial charge in [0.15, 0.2) is 11.5 Å². The first-order chi connectivity index (χ1) is 21.9. The van der Waals surface area contributed by atoms with Crippen molar-refractivity contribution in [2.24, 2.45) is 0 Å². The predicted molar refractivity (Wildman–Crippen MR) is 168 cm³/mol. The molecule has 0 saturated carbocycles. The van der Waals surface area contributed by atoms with Gasteiger partial charge in [0, 0.05) is 41.9 Å². The fourth-order valence-corrected chi connectivity index (χ4v) is 6.44. The lowest BCUT2D eigenvalue weighted by Gasteiger charge is -2.40. The quantitative estimate of drug-likeness (QED) is 0.175. The summed E-state index contributed by atoms with van der Waals surface area (Å²) in [7, 11) is 1.49. The van der Waals surface area contributed by atoms with Crippen LogP contribution in [-0.2, 0) is 29.0 Å². The van der Waals surface area contributed by atoms with Gasteiger partial charge in [-0.25, -0.2) is 0 Å². The lowest BCUT2D eigenvalue weighted by Crippen LogP contribution is -2.56. The van der Waals surface area contributed by atoms with Crippen LogP contribution >= 0.6 is 0 Å². The van der Waals surface area contributed by atoms with Crippen LogP contribution in [0.5, 0.6) is 11.5 Å². The molecule has 0 bridgehead atoms. The number of benzene rings is 3. The van der Waals surface area contributed by atoms with Crippen LogP contribution in [0.25, 0.3) is 10.9 Å². The van der Waals surface area contributed by atoms with Gasteiger partial charge in [0.05, 0.1) is 38.7 Å². The number of hydrogen-bond donors (Lipinski definition) is 5. The fraction of sp³-hybridized carbons (Fsp3) is 0.314. The Bertz CT molecular complexity index is 1680. The summed E-state index contributed by atoms with van der Waals surface area (Å²) in [5.41, 5.74) is 4.24. The summed E-state index contributed by atoms with van der Waals surface area (Å²) >= 11 is 0. The number of nitrogens with one attached hydrogen (secondary N) is 2. The SMILES string of the molecule is COc1cc(CO)cc2c1OC1C2C(C(=O)NCCO)=CC(N(CCc2cc3ccccc3[nH]2)C(=O)Cc2ccccc2)C1O. The molecular formula is C35H37N3O7. The van der Waals surface area contributed by atoms with Crippen molar-refractivity contribution in [2.45, 2.75) is 43.6 Å². The van der Waals surface area contributed by atoms with Crippen molar-refractivity contribution >= 4 is 22.7 Å². The van der Waals surface area contributed by atoms with E-state index in [9.17, 15) is 24.9 Å². The molecule has 6 rings (SSSR count). The third kappa shape index (κ3) is 6.04. The molecule has 0 radical (unpaired) electrons. The number of carbonyl (C=O) groups is 2. The molecule has 4 atom stereocenters. The number of nitrogens with zero attached hydrogens (tertiary/aromatic N) is 1. The first-order valence-electron chi connectivity index (χ1n) is 15.1. The van der Waals surface area contributed by atoms with E-state index in [-0.39, 0.29) is 38.6 Å². The van der Waals surface area contributed by atoms with E-state index in [0.29, 0.717) is 34.6 Å². The van der Waals surface area contributed by atoms with Crippen LogP contribution in [0.1, 0.15) is 28.3 Å². The lowest BCUT2D eigenvalue weighted by molar-refractivity contribution is -0.136. The molecule has 1 aliphatic carbocycles. The molecule has 1 aliphatic heterocycles. The zero-order valence-corrected chi connectivity index (χ0v) is 25.0. The first-order valence-corrected chi connectivity index (χ1v) is 15.1. The molecule has 0 saturated heterocycles. The summed E-state index contributed by atoms with van der Waals surface area (Å²) in [6.45, 7) is -0.200. The van der Waals surface area contributed by atoms with E-state index >= 15 is 0 Å². The smallest absolute Gasteiger partial charge is 0.247 e. The van der Waals surface area contributed by atoms with Gasteiger partial charge in [-0.05, 0) is 46.9 Å². The highest BCUT2D eigenvalue weighted by molar-refractivity contribution is 5.96. The highest BCUT2D eigenvalue weighted by atomic mass is 16.5. The Labute approximate surface area is 260 Å². The number of H-pyrrole nitrogens is 1. The van der Waals surface area contributed by atoms with Crippen molar-refractivity contribution in [3.05, 3.63) is 107 Å². The number of para-hydroxylation sites is 1. The average Bonchev–Trinajstić information content (AvgIpc) is 3.66. The van der Waals surface area contributed by atoms with Crippen molar-refractivity contribution in [3.8, 4) is 11.5 Å². The number of aliphatic hydroxyl groups is 3. The molecule has 4 aromatic rings. The Morgan fingerprint density at radius 2 is 1.80 bits per heavy atom. The molecule has 2 heterocycles. The molecule has 2 aliphatic rings. The number of aromatic amines is 1. The molecule has 0 fully saturated rings. The second-order valence-electron chi connectivity index (χ2n) is 11.4. The summed E-state index contributed by atoms with van der Waals surface area (Å²) in [5, 5.41) is 35.1. The summed E-state index contributed by atoms with van der Waals surface area (Å²) in [6.07, 6.45) is 0.151. The van der Waals surface area contributed by atoms with Gasteiger partial charge in [0.1, 0.15) is 12.2 Å². The molecule has 3 aromatic carbocycles. The topological polar surface area (TPSA) is 144 Å². The molecule has 234 valence electrons. The van der Waals surface area contributed by atoms with Gasteiger partial charge in [-0.2, -0.15) is 0 Å². The number of carbonyl (C=O) groups excluding carboxylic acids is 2. The molecular weight excluding hydrogens is 574 g/mol. The van der Waals surface area contributed by atoms with Crippen LogP contribution in [0.15, 0.2) is 84.4 Å². The van der Waals surface area contributed by atoms with Gasteiger partial charge in [0.2, 0.25) is 11.8 Å². The fourth-order valence-electron chi connectivity index (χ4n) is 6.44. The predicted octanol–water partition coefficient (Wildman–Crippen LogP) is 2.61. The Hall–Kier alpha value is -4.64. The van der Waals surface area contributed by atoms with E-state index in [1.54, 1.807) is 23.1 Å². The Kier molecular flexibility index (Phi) is 8.88.